The zero-order valence-corrected chi connectivity index (χ0v) is 34.4. The van der Waals surface area contributed by atoms with Crippen molar-refractivity contribution in [1.82, 2.24) is 0 Å². The maximum atomic E-state index is 14.7. The largest absolute Gasteiger partial charge is 0.469 e. The zero-order chi connectivity index (χ0) is 42.5. The summed E-state index contributed by atoms with van der Waals surface area (Å²) in [4.78, 5) is 42.4. The van der Waals surface area contributed by atoms with Crippen LogP contribution >= 0.6 is 0 Å². The minimum atomic E-state index is -1.77. The third-order valence-electron chi connectivity index (χ3n) is 17.1. The molecular weight excluding hydrogens is 760 g/mol. The summed E-state index contributed by atoms with van der Waals surface area (Å²) in [5, 5.41) is 83.5. The fraction of sp³-hybridized carbons (Fsp3) is 0.881. The van der Waals surface area contributed by atoms with E-state index >= 15 is 0 Å². The number of hydrogen-bond donors (Lipinski definition) is 8. The van der Waals surface area contributed by atoms with Crippen molar-refractivity contribution >= 4 is 17.7 Å². The molecule has 7 rings (SSSR count). The third-order valence-corrected chi connectivity index (χ3v) is 17.1. The van der Waals surface area contributed by atoms with Gasteiger partial charge in [-0.15, -0.1) is 0 Å². The van der Waals surface area contributed by atoms with E-state index in [2.05, 4.69) is 26.8 Å². The van der Waals surface area contributed by atoms with Crippen LogP contribution in [-0.2, 0) is 38.1 Å². The Morgan fingerprint density at radius 1 is 0.828 bits per heavy atom. The molecule has 328 valence electrons. The first-order valence-corrected chi connectivity index (χ1v) is 20.9. The van der Waals surface area contributed by atoms with Crippen LogP contribution in [-0.4, -0.2) is 147 Å². The number of methoxy groups -OCH3 is 1. The third kappa shape index (κ3) is 6.21. The molecule has 0 aromatic heterocycles. The second kappa shape index (κ2) is 15.1. The Morgan fingerprint density at radius 3 is 2.16 bits per heavy atom. The number of hydrogen-bond acceptors (Lipinski definition) is 16. The average Bonchev–Trinajstić information content (AvgIpc) is 3.19. The van der Waals surface area contributed by atoms with Crippen molar-refractivity contribution in [3.63, 3.8) is 0 Å². The van der Waals surface area contributed by atoms with E-state index in [9.17, 15) is 55.2 Å². The lowest BCUT2D eigenvalue weighted by Crippen LogP contribution is -2.68. The van der Waals surface area contributed by atoms with Gasteiger partial charge in [-0.25, -0.2) is 0 Å². The average molecular weight is 825 g/mol. The quantitative estimate of drug-likeness (QED) is 0.0973. The SMILES string of the molecule is COC(=O)C1(C)CCC2(C(=O)OC3OC(CO)C(O)C(O)C3O)CCC3(C)C(=CCC4C5(C)CC(=O)C(OC6OCC(O)C(O)C6O)C(C)(CO)C5CCC43C)C2C1. The molecular formula is C42H64O16. The molecule has 58 heavy (non-hydrogen) atoms. The number of aliphatic hydroxyl groups excluding tert-OH is 8. The van der Waals surface area contributed by atoms with Gasteiger partial charge in [0.1, 0.15) is 48.8 Å². The molecule has 0 spiro atoms. The van der Waals surface area contributed by atoms with Crippen molar-refractivity contribution < 1.29 is 78.9 Å². The van der Waals surface area contributed by atoms with Crippen LogP contribution < -0.4 is 0 Å². The van der Waals surface area contributed by atoms with E-state index in [0.29, 0.717) is 38.5 Å². The molecule has 2 saturated heterocycles. The molecule has 0 bridgehead atoms. The van der Waals surface area contributed by atoms with Crippen molar-refractivity contribution in [1.29, 1.82) is 0 Å². The number of aliphatic hydroxyl groups is 8. The molecule has 19 atom stereocenters. The van der Waals surface area contributed by atoms with Gasteiger partial charge in [0.05, 0.1) is 37.8 Å². The summed E-state index contributed by atoms with van der Waals surface area (Å²) in [6, 6.07) is 0. The summed E-state index contributed by atoms with van der Waals surface area (Å²) in [5.74, 6) is -2.04. The van der Waals surface area contributed by atoms with Gasteiger partial charge in [0.2, 0.25) is 6.29 Å². The van der Waals surface area contributed by atoms with Crippen molar-refractivity contribution in [2.24, 2.45) is 50.2 Å². The number of rotatable bonds is 7. The molecule has 8 N–H and O–H groups in total. The normalized spacial score (nSPS) is 52.9. The van der Waals surface area contributed by atoms with Gasteiger partial charge in [-0.2, -0.15) is 0 Å². The predicted octanol–water partition coefficient (Wildman–Crippen LogP) is 0.260. The van der Waals surface area contributed by atoms with Crippen LogP contribution in [0.15, 0.2) is 11.6 Å². The number of carbonyl (C=O) groups excluding carboxylic acids is 3. The molecule has 0 aromatic carbocycles. The van der Waals surface area contributed by atoms with Gasteiger partial charge in [-0.3, -0.25) is 14.4 Å². The Hall–Kier alpha value is -2.09. The van der Waals surface area contributed by atoms with Gasteiger partial charge in [0.15, 0.2) is 12.1 Å². The van der Waals surface area contributed by atoms with E-state index in [4.69, 9.17) is 23.7 Å². The molecule has 2 heterocycles. The minimum absolute atomic E-state index is 0.0547. The predicted molar refractivity (Wildman–Crippen MR) is 200 cm³/mol. The zero-order valence-electron chi connectivity index (χ0n) is 34.4. The van der Waals surface area contributed by atoms with E-state index in [0.717, 1.165) is 5.57 Å². The van der Waals surface area contributed by atoms with Crippen LogP contribution in [0.25, 0.3) is 0 Å². The van der Waals surface area contributed by atoms with E-state index in [1.807, 2.05) is 13.8 Å². The van der Waals surface area contributed by atoms with Crippen LogP contribution in [0.3, 0.4) is 0 Å². The fourth-order valence-corrected chi connectivity index (χ4v) is 13.4. The highest BCUT2D eigenvalue weighted by molar-refractivity contribution is 5.86. The summed E-state index contributed by atoms with van der Waals surface area (Å²) in [7, 11) is 1.34. The van der Waals surface area contributed by atoms with Gasteiger partial charge in [0.25, 0.3) is 0 Å². The number of carbonyl (C=O) groups is 3. The molecule has 16 heteroatoms. The Kier molecular flexibility index (Phi) is 11.4. The number of allylic oxidation sites excluding steroid dienone is 2. The number of fused-ring (bicyclic) bond motifs is 7. The summed E-state index contributed by atoms with van der Waals surface area (Å²) in [5.41, 5.74) is -3.67. The molecule has 4 saturated carbocycles. The smallest absolute Gasteiger partial charge is 0.315 e. The lowest BCUT2D eigenvalue weighted by molar-refractivity contribution is -0.303. The Morgan fingerprint density at radius 2 is 1.50 bits per heavy atom. The number of ether oxygens (including phenoxy) is 5. The fourth-order valence-electron chi connectivity index (χ4n) is 13.4. The molecule has 16 nitrogen and oxygen atoms in total. The Labute approximate surface area is 338 Å². The Bertz CT molecular complexity index is 1650. The van der Waals surface area contributed by atoms with Crippen LogP contribution in [0.1, 0.15) is 92.4 Å². The number of esters is 2. The molecule has 6 fully saturated rings. The molecule has 0 radical (unpaired) electrons. The first kappa shape index (κ1) is 44.0. The van der Waals surface area contributed by atoms with Gasteiger partial charge in [0, 0.05) is 11.8 Å². The number of Topliss-reactive ketones (excluding diaryl/α,β-unsaturated/α-hetero) is 1. The van der Waals surface area contributed by atoms with Gasteiger partial charge < -0.3 is 64.5 Å². The van der Waals surface area contributed by atoms with E-state index < -0.39 is 112 Å². The highest BCUT2D eigenvalue weighted by atomic mass is 16.7. The highest BCUT2D eigenvalue weighted by Gasteiger charge is 2.72. The van der Waals surface area contributed by atoms with Crippen molar-refractivity contribution in [2.45, 2.75) is 154 Å². The minimum Gasteiger partial charge on any atom is -0.469 e. The first-order valence-electron chi connectivity index (χ1n) is 20.9. The van der Waals surface area contributed by atoms with E-state index in [1.54, 1.807) is 0 Å². The van der Waals surface area contributed by atoms with Crippen LogP contribution in [0, 0.1) is 50.2 Å². The molecule has 0 amide bonds. The van der Waals surface area contributed by atoms with Crippen molar-refractivity contribution in [3.05, 3.63) is 11.6 Å². The van der Waals surface area contributed by atoms with Crippen LogP contribution in [0.4, 0.5) is 0 Å². The summed E-state index contributed by atoms with van der Waals surface area (Å²) in [6.45, 7) is 8.92. The molecule has 2 aliphatic heterocycles. The monoisotopic (exact) mass is 824 g/mol. The molecule has 7 aliphatic rings. The lowest BCUT2D eigenvalue weighted by Gasteiger charge is -2.71. The highest BCUT2D eigenvalue weighted by Crippen LogP contribution is 2.76. The second-order valence-electron chi connectivity index (χ2n) is 19.9. The maximum Gasteiger partial charge on any atom is 0.315 e. The molecule has 5 aliphatic carbocycles. The van der Waals surface area contributed by atoms with Crippen molar-refractivity contribution in [2.75, 3.05) is 26.9 Å². The molecule has 0 aromatic rings. The lowest BCUT2D eigenvalue weighted by atomic mass is 9.33. The van der Waals surface area contributed by atoms with Crippen LogP contribution in [0.2, 0.25) is 0 Å². The van der Waals surface area contributed by atoms with Gasteiger partial charge in [-0.05, 0) is 92.3 Å². The van der Waals surface area contributed by atoms with E-state index in [1.165, 1.54) is 7.11 Å². The van der Waals surface area contributed by atoms with Gasteiger partial charge in [-0.1, -0.05) is 39.3 Å². The van der Waals surface area contributed by atoms with E-state index in [-0.39, 0.29) is 56.1 Å². The molecule has 19 unspecified atom stereocenters. The van der Waals surface area contributed by atoms with Gasteiger partial charge >= 0.3 is 11.9 Å². The number of ketones is 1. The summed E-state index contributed by atoms with van der Waals surface area (Å²) >= 11 is 0. The van der Waals surface area contributed by atoms with Crippen molar-refractivity contribution in [3.8, 4) is 0 Å². The Balaban J connectivity index is 1.22. The summed E-state index contributed by atoms with van der Waals surface area (Å²) < 4.78 is 28.5. The topological polar surface area (TPSA) is 259 Å². The first-order chi connectivity index (χ1) is 27.1. The second-order valence-corrected chi connectivity index (χ2v) is 19.9. The standard InChI is InChI=1S/C42H64O16/c1-37(35(52)54-6)11-13-42(36(53)58-34-31(51)29(49)28(48)24(17-43)56-34)14-12-40(4)20(21(42)15-37)7-8-26-38(2)16-22(45)32(57-33-30(50)27(47)23(46)18-55-33)39(3,19-44)25(38)9-10-41(26,40)5/h7,21,23-34,43-44,46-51H,8-19H2,1-6H3. The summed E-state index contributed by atoms with van der Waals surface area (Å²) in [6.07, 6.45) is -8.99. The van der Waals surface area contributed by atoms with Crippen LogP contribution in [0.5, 0.6) is 0 Å². The maximum absolute atomic E-state index is 14.7.